The first-order valence-electron chi connectivity index (χ1n) is 6.96. The summed E-state index contributed by atoms with van der Waals surface area (Å²) >= 11 is 11.7. The van der Waals surface area contributed by atoms with Gasteiger partial charge in [0.25, 0.3) is 5.91 Å². The lowest BCUT2D eigenvalue weighted by Gasteiger charge is -2.08. The van der Waals surface area contributed by atoms with Crippen LogP contribution in [0.5, 0.6) is 0 Å². The minimum Gasteiger partial charge on any atom is -0.320 e. The molecule has 0 radical (unpaired) electrons. The fraction of sp³-hybridized carbons (Fsp3) is 0. The molecule has 120 valence electrons. The number of benzene rings is 2. The summed E-state index contributed by atoms with van der Waals surface area (Å²) in [7, 11) is 0. The average Bonchev–Trinajstić information content (AvgIpc) is 2.58. The zero-order chi connectivity index (χ0) is 17.1. The van der Waals surface area contributed by atoms with Crippen LogP contribution < -0.4 is 10.7 Å². The Labute approximate surface area is 147 Å². The molecule has 3 rings (SSSR count). The lowest BCUT2D eigenvalue weighted by atomic mass is 10.3. The molecule has 1 N–H and O–H groups in total. The summed E-state index contributed by atoms with van der Waals surface area (Å²) < 4.78 is 1.44. The molecule has 7 heteroatoms. The van der Waals surface area contributed by atoms with E-state index in [-0.39, 0.29) is 5.69 Å². The first kappa shape index (κ1) is 16.2. The van der Waals surface area contributed by atoms with Crippen LogP contribution in [-0.4, -0.2) is 15.7 Å². The van der Waals surface area contributed by atoms with Gasteiger partial charge in [0.05, 0.1) is 5.69 Å². The van der Waals surface area contributed by atoms with Gasteiger partial charge in [-0.15, -0.1) is 0 Å². The second-order valence-corrected chi connectivity index (χ2v) is 5.78. The molecule has 1 aromatic heterocycles. The molecule has 0 aliphatic heterocycles. The van der Waals surface area contributed by atoms with Crippen molar-refractivity contribution in [3.63, 3.8) is 0 Å². The van der Waals surface area contributed by atoms with Crippen molar-refractivity contribution in [1.29, 1.82) is 0 Å². The molecule has 0 unspecified atom stereocenters. The molecule has 0 saturated heterocycles. The Morgan fingerprint density at radius 1 is 0.917 bits per heavy atom. The maximum absolute atomic E-state index is 12.3. The Morgan fingerprint density at radius 3 is 2.12 bits per heavy atom. The molecule has 0 aliphatic rings. The predicted octanol–water partition coefficient (Wildman–Crippen LogP) is 3.79. The minimum absolute atomic E-state index is 0.206. The highest BCUT2D eigenvalue weighted by Crippen LogP contribution is 2.14. The highest BCUT2D eigenvalue weighted by atomic mass is 35.5. The van der Waals surface area contributed by atoms with E-state index in [1.807, 2.05) is 0 Å². The molecule has 0 aliphatic carbocycles. The van der Waals surface area contributed by atoms with E-state index >= 15 is 0 Å². The van der Waals surface area contributed by atoms with Gasteiger partial charge in [0.2, 0.25) is 5.43 Å². The molecule has 1 heterocycles. The molecular weight excluding hydrogens is 349 g/mol. The Balaban J connectivity index is 1.91. The molecule has 0 atom stereocenters. The molecule has 3 aromatic rings. The van der Waals surface area contributed by atoms with Crippen molar-refractivity contribution in [2.75, 3.05) is 5.32 Å². The van der Waals surface area contributed by atoms with Crippen LogP contribution in [0.3, 0.4) is 0 Å². The molecule has 24 heavy (non-hydrogen) atoms. The SMILES string of the molecule is O=C(Nc1ccc(Cl)cc1)c1nn(-c2ccc(Cl)cc2)ccc1=O. The molecule has 0 fully saturated rings. The Hall–Kier alpha value is -2.63. The normalized spacial score (nSPS) is 10.4. The van der Waals surface area contributed by atoms with E-state index in [1.54, 1.807) is 48.5 Å². The van der Waals surface area contributed by atoms with Gasteiger partial charge in [-0.3, -0.25) is 9.59 Å². The monoisotopic (exact) mass is 359 g/mol. The third-order valence-electron chi connectivity index (χ3n) is 3.22. The van der Waals surface area contributed by atoms with E-state index in [1.165, 1.54) is 16.9 Å². The smallest absolute Gasteiger partial charge is 0.280 e. The molecule has 2 aromatic carbocycles. The van der Waals surface area contributed by atoms with Gasteiger partial charge in [0.15, 0.2) is 5.69 Å². The van der Waals surface area contributed by atoms with Gasteiger partial charge in [0, 0.05) is 28.0 Å². The Morgan fingerprint density at radius 2 is 1.50 bits per heavy atom. The maximum atomic E-state index is 12.3. The summed E-state index contributed by atoms with van der Waals surface area (Å²) in [5.74, 6) is -0.592. The second kappa shape index (κ2) is 6.86. The van der Waals surface area contributed by atoms with Gasteiger partial charge in [-0.05, 0) is 48.5 Å². The topological polar surface area (TPSA) is 64.0 Å². The van der Waals surface area contributed by atoms with Crippen molar-refractivity contribution < 1.29 is 4.79 Å². The van der Waals surface area contributed by atoms with E-state index in [9.17, 15) is 9.59 Å². The number of aromatic nitrogens is 2. The van der Waals surface area contributed by atoms with Crippen LogP contribution in [0.1, 0.15) is 10.5 Å². The van der Waals surface area contributed by atoms with Gasteiger partial charge in [-0.2, -0.15) is 5.10 Å². The Kier molecular flexibility index (Phi) is 4.64. The first-order chi connectivity index (χ1) is 11.5. The molecule has 0 spiro atoms. The molecule has 1 amide bonds. The van der Waals surface area contributed by atoms with Crippen molar-refractivity contribution in [3.05, 3.63) is 86.8 Å². The van der Waals surface area contributed by atoms with E-state index in [0.29, 0.717) is 21.4 Å². The fourth-order valence-corrected chi connectivity index (χ4v) is 2.28. The van der Waals surface area contributed by atoms with Gasteiger partial charge < -0.3 is 5.32 Å². The van der Waals surface area contributed by atoms with Crippen LogP contribution in [0.4, 0.5) is 5.69 Å². The average molecular weight is 360 g/mol. The van der Waals surface area contributed by atoms with Crippen molar-refractivity contribution in [2.45, 2.75) is 0 Å². The van der Waals surface area contributed by atoms with Crippen molar-refractivity contribution in [1.82, 2.24) is 9.78 Å². The first-order valence-corrected chi connectivity index (χ1v) is 7.71. The van der Waals surface area contributed by atoms with Crippen LogP contribution >= 0.6 is 23.2 Å². The van der Waals surface area contributed by atoms with Crippen molar-refractivity contribution >= 4 is 34.8 Å². The lowest BCUT2D eigenvalue weighted by molar-refractivity contribution is 0.101. The van der Waals surface area contributed by atoms with E-state index < -0.39 is 11.3 Å². The number of halogens is 2. The lowest BCUT2D eigenvalue weighted by Crippen LogP contribution is -2.25. The van der Waals surface area contributed by atoms with Gasteiger partial charge in [0.1, 0.15) is 0 Å². The summed E-state index contributed by atoms with van der Waals surface area (Å²) in [5.41, 5.74) is 0.529. The predicted molar refractivity (Wildman–Crippen MR) is 94.2 cm³/mol. The zero-order valence-electron chi connectivity index (χ0n) is 12.2. The summed E-state index contributed by atoms with van der Waals surface area (Å²) in [6.07, 6.45) is 1.49. The van der Waals surface area contributed by atoms with Crippen LogP contribution in [0.15, 0.2) is 65.6 Å². The molecule has 5 nitrogen and oxygen atoms in total. The number of amides is 1. The summed E-state index contributed by atoms with van der Waals surface area (Å²) in [6.45, 7) is 0. The van der Waals surface area contributed by atoms with Crippen molar-refractivity contribution in [3.8, 4) is 5.69 Å². The summed E-state index contributed by atoms with van der Waals surface area (Å²) in [5, 5.41) is 7.86. The number of carbonyl (C=O) groups is 1. The zero-order valence-corrected chi connectivity index (χ0v) is 13.8. The van der Waals surface area contributed by atoms with E-state index in [2.05, 4.69) is 10.4 Å². The van der Waals surface area contributed by atoms with Gasteiger partial charge >= 0.3 is 0 Å². The molecule has 0 saturated carbocycles. The largest absolute Gasteiger partial charge is 0.320 e. The Bertz CT molecular complexity index is 935. The van der Waals surface area contributed by atoms with Crippen LogP contribution in [0.2, 0.25) is 10.0 Å². The molecular formula is C17H11Cl2N3O2. The highest BCUT2D eigenvalue weighted by Gasteiger charge is 2.13. The number of carbonyl (C=O) groups excluding carboxylic acids is 1. The molecule has 0 bridgehead atoms. The van der Waals surface area contributed by atoms with Gasteiger partial charge in [-0.25, -0.2) is 4.68 Å². The third kappa shape index (κ3) is 3.64. The highest BCUT2D eigenvalue weighted by molar-refractivity contribution is 6.30. The number of hydrogen-bond acceptors (Lipinski definition) is 3. The van der Waals surface area contributed by atoms with Gasteiger partial charge in [-0.1, -0.05) is 23.2 Å². The standard InChI is InChI=1S/C17H11Cl2N3O2/c18-11-1-5-13(6-2-11)20-17(24)16-15(23)9-10-22(21-16)14-7-3-12(19)4-8-14/h1-10H,(H,20,24). The maximum Gasteiger partial charge on any atom is 0.280 e. The second-order valence-electron chi connectivity index (χ2n) is 4.91. The van der Waals surface area contributed by atoms with Crippen molar-refractivity contribution in [2.24, 2.45) is 0 Å². The number of nitrogens with one attached hydrogen (secondary N) is 1. The van der Waals surface area contributed by atoms with Crippen LogP contribution in [0.25, 0.3) is 5.69 Å². The minimum atomic E-state index is -0.592. The summed E-state index contributed by atoms with van der Waals surface area (Å²) in [4.78, 5) is 24.3. The number of anilines is 1. The quantitative estimate of drug-likeness (QED) is 0.773. The summed E-state index contributed by atoms with van der Waals surface area (Å²) in [6, 6.07) is 14.7. The van der Waals surface area contributed by atoms with Crippen LogP contribution in [-0.2, 0) is 0 Å². The number of rotatable bonds is 3. The fourth-order valence-electron chi connectivity index (χ4n) is 2.03. The number of hydrogen-bond donors (Lipinski definition) is 1. The van der Waals surface area contributed by atoms with E-state index in [4.69, 9.17) is 23.2 Å². The third-order valence-corrected chi connectivity index (χ3v) is 3.72. The number of nitrogens with zero attached hydrogens (tertiary/aromatic N) is 2. The van der Waals surface area contributed by atoms with E-state index in [0.717, 1.165) is 0 Å². The van der Waals surface area contributed by atoms with Crippen LogP contribution in [0, 0.1) is 0 Å².